The minimum absolute atomic E-state index is 0.00790. The summed E-state index contributed by atoms with van der Waals surface area (Å²) in [6, 6.07) is 22.7. The fourth-order valence-electron chi connectivity index (χ4n) is 10.2. The van der Waals surface area contributed by atoms with Crippen LogP contribution < -0.4 is 14.8 Å². The van der Waals surface area contributed by atoms with Crippen LogP contribution in [0.15, 0.2) is 119 Å². The van der Waals surface area contributed by atoms with Gasteiger partial charge in [0, 0.05) is 62.4 Å². The highest BCUT2D eigenvalue weighted by molar-refractivity contribution is 7.89. The summed E-state index contributed by atoms with van der Waals surface area (Å²) in [6.45, 7) is 11.5. The van der Waals surface area contributed by atoms with Gasteiger partial charge < -0.3 is 34.6 Å². The Hall–Kier alpha value is -5.91. The lowest BCUT2D eigenvalue weighted by Crippen LogP contribution is -2.70. The molecule has 1 saturated carbocycles. The van der Waals surface area contributed by atoms with E-state index in [2.05, 4.69) is 18.0 Å². The summed E-state index contributed by atoms with van der Waals surface area (Å²) in [5, 5.41) is 39.0. The maximum Gasteiger partial charge on any atom is 0.269 e. The van der Waals surface area contributed by atoms with E-state index in [1.807, 2.05) is 57.2 Å². The average Bonchev–Trinajstić information content (AvgIpc) is 3.33. The van der Waals surface area contributed by atoms with E-state index in [1.165, 1.54) is 35.5 Å². The van der Waals surface area contributed by atoms with Gasteiger partial charge in [0.15, 0.2) is 0 Å². The number of nitro groups is 1. The lowest BCUT2D eigenvalue weighted by molar-refractivity contribution is -0.384. The highest BCUT2D eigenvalue weighted by Crippen LogP contribution is 2.62. The van der Waals surface area contributed by atoms with E-state index in [4.69, 9.17) is 24.2 Å². The monoisotopic (exact) mass is 964 g/mol. The van der Waals surface area contributed by atoms with Crippen LogP contribution in [-0.2, 0) is 31.0 Å². The molecule has 368 valence electrons. The molecule has 1 amide bonds. The molecule has 1 aliphatic heterocycles. The number of aliphatic hydroxyl groups excluding tert-OH is 2. The molecule has 15 nitrogen and oxygen atoms in total. The van der Waals surface area contributed by atoms with E-state index < -0.39 is 32.7 Å². The van der Waals surface area contributed by atoms with Gasteiger partial charge in [0.25, 0.3) is 5.69 Å². The number of carbonyl (C=O) groups excluding carboxylic acids is 1. The average molecular weight is 965 g/mol. The molecule has 1 heterocycles. The van der Waals surface area contributed by atoms with Crippen molar-refractivity contribution < 1.29 is 47.4 Å². The highest BCUT2D eigenvalue weighted by Gasteiger charge is 2.66. The molecule has 69 heavy (non-hydrogen) atoms. The quantitative estimate of drug-likeness (QED) is 0.0277. The third-order valence-corrected chi connectivity index (χ3v) is 15.4. The van der Waals surface area contributed by atoms with Crippen molar-refractivity contribution in [2.24, 2.45) is 22.9 Å². The number of non-ortho nitro benzene ring substituents is 1. The van der Waals surface area contributed by atoms with E-state index >= 15 is 8.42 Å². The number of amides is 1. The highest BCUT2D eigenvalue weighted by atomic mass is 32.2. The van der Waals surface area contributed by atoms with Gasteiger partial charge >= 0.3 is 0 Å². The van der Waals surface area contributed by atoms with Crippen LogP contribution in [0.2, 0.25) is 0 Å². The van der Waals surface area contributed by atoms with Crippen LogP contribution in [0.5, 0.6) is 17.2 Å². The topological polar surface area (TPSA) is 199 Å². The van der Waals surface area contributed by atoms with Gasteiger partial charge in [-0.2, -0.15) is 4.31 Å². The summed E-state index contributed by atoms with van der Waals surface area (Å²) >= 11 is 0. The van der Waals surface area contributed by atoms with Crippen LogP contribution >= 0.6 is 0 Å². The molecule has 6 unspecified atom stereocenters. The van der Waals surface area contributed by atoms with E-state index in [9.17, 15) is 25.1 Å². The number of sulfonamides is 1. The maximum atomic E-state index is 15.3. The minimum atomic E-state index is -4.33. The lowest BCUT2D eigenvalue weighted by Gasteiger charge is -2.59. The van der Waals surface area contributed by atoms with Gasteiger partial charge in [0.2, 0.25) is 21.7 Å². The third kappa shape index (κ3) is 11.3. The molecule has 7 rings (SSSR count). The predicted octanol–water partition coefficient (Wildman–Crippen LogP) is 9.90. The summed E-state index contributed by atoms with van der Waals surface area (Å²) in [5.41, 5.74) is 5.40. The molecule has 16 heteroatoms. The number of anilines is 1. The molecule has 4 aromatic carbocycles. The van der Waals surface area contributed by atoms with E-state index in [0.29, 0.717) is 66.3 Å². The molecular formula is C53H64N4O11S. The molecular weight excluding hydrogens is 901 g/mol. The number of aliphatic hydroxyl groups is 2. The summed E-state index contributed by atoms with van der Waals surface area (Å²) in [7, 11) is -4.33. The first-order valence-corrected chi connectivity index (χ1v) is 25.3. The van der Waals surface area contributed by atoms with Gasteiger partial charge in [0.1, 0.15) is 23.9 Å². The van der Waals surface area contributed by atoms with E-state index in [0.717, 1.165) is 35.1 Å². The number of fused-ring (bicyclic) bond motifs is 2. The molecule has 0 saturated heterocycles. The minimum Gasteiger partial charge on any atom is -0.460 e. The van der Waals surface area contributed by atoms with E-state index in [1.54, 1.807) is 30.3 Å². The first-order valence-electron chi connectivity index (χ1n) is 23.8. The number of nitrogens with zero attached hydrogens (tertiary/aromatic N) is 3. The van der Waals surface area contributed by atoms with Crippen LogP contribution in [0.25, 0.3) is 0 Å². The molecule has 2 aliphatic carbocycles. The number of rotatable bonds is 23. The Bertz CT molecular complexity index is 2640. The Morgan fingerprint density at radius 2 is 1.67 bits per heavy atom. The molecule has 3 aliphatic rings. The molecule has 4 aromatic rings. The Balaban J connectivity index is 1.45. The molecule has 3 N–H and O–H groups in total. The molecule has 0 bridgehead atoms. The molecule has 0 radical (unpaired) electrons. The maximum absolute atomic E-state index is 15.3. The summed E-state index contributed by atoms with van der Waals surface area (Å²) in [4.78, 5) is 29.0. The predicted molar refractivity (Wildman–Crippen MR) is 264 cm³/mol. The first-order chi connectivity index (χ1) is 33.2. The van der Waals surface area contributed by atoms with Crippen molar-refractivity contribution in [3.8, 4) is 17.2 Å². The fourth-order valence-corrected chi connectivity index (χ4v) is 11.9. The second-order valence-corrected chi connectivity index (χ2v) is 20.0. The number of nitro benzene ring substituents is 1. The van der Waals surface area contributed by atoms with Crippen LogP contribution in [0, 0.1) is 41.7 Å². The number of unbranched alkanes of at least 4 members (excludes halogenated alkanes) is 2. The number of allylic oxidation sites excluding steroid dienone is 1. The summed E-state index contributed by atoms with van der Waals surface area (Å²) in [5.74, 6) is -1.34. The van der Waals surface area contributed by atoms with Gasteiger partial charge in [-0.25, -0.2) is 8.42 Å². The Morgan fingerprint density at radius 3 is 2.32 bits per heavy atom. The van der Waals surface area contributed by atoms with Gasteiger partial charge in [-0.3, -0.25) is 14.9 Å². The Kier molecular flexibility index (Phi) is 16.7. The van der Waals surface area contributed by atoms with Gasteiger partial charge in [-0.05, 0) is 147 Å². The fraction of sp³-hybridized carbons (Fsp3) is 0.434. The van der Waals surface area contributed by atoms with Crippen molar-refractivity contribution in [3.05, 3.63) is 142 Å². The van der Waals surface area contributed by atoms with Crippen LogP contribution in [0.4, 0.5) is 11.4 Å². The van der Waals surface area contributed by atoms with Crippen LogP contribution in [0.1, 0.15) is 93.4 Å². The Morgan fingerprint density at radius 1 is 0.971 bits per heavy atom. The van der Waals surface area contributed by atoms with Crippen LogP contribution in [0.3, 0.4) is 0 Å². The number of hydrogen-bond donors (Lipinski definition) is 3. The lowest BCUT2D eigenvalue weighted by atomic mass is 9.55. The van der Waals surface area contributed by atoms with Crippen LogP contribution in [-0.4, -0.2) is 77.7 Å². The number of aryl methyl sites for hydroxylation is 2. The number of hydrogen-bond acceptors (Lipinski definition) is 12. The van der Waals surface area contributed by atoms with Gasteiger partial charge in [-0.1, -0.05) is 43.1 Å². The van der Waals surface area contributed by atoms with Crippen molar-refractivity contribution in [2.75, 3.05) is 31.7 Å². The summed E-state index contributed by atoms with van der Waals surface area (Å²) in [6.07, 6.45) is 8.38. The van der Waals surface area contributed by atoms with E-state index in [-0.39, 0.29) is 73.6 Å². The summed E-state index contributed by atoms with van der Waals surface area (Å²) < 4.78 is 53.1. The van der Waals surface area contributed by atoms with Crippen molar-refractivity contribution in [2.45, 2.75) is 108 Å². The van der Waals surface area contributed by atoms with Crippen molar-refractivity contribution in [1.82, 2.24) is 4.31 Å². The normalized spacial score (nSPS) is 22.2. The zero-order chi connectivity index (χ0) is 49.3. The Labute approximate surface area is 405 Å². The zero-order valence-electron chi connectivity index (χ0n) is 39.8. The smallest absolute Gasteiger partial charge is 0.269 e. The molecule has 1 fully saturated rings. The third-order valence-electron chi connectivity index (χ3n) is 13.5. The van der Waals surface area contributed by atoms with Crippen molar-refractivity contribution in [1.29, 1.82) is 0 Å². The largest absolute Gasteiger partial charge is 0.460 e. The second-order valence-electron chi connectivity index (χ2n) is 18.1. The number of oxime groups is 1. The van der Waals surface area contributed by atoms with Crippen molar-refractivity contribution >= 4 is 33.0 Å². The molecule has 0 spiro atoms. The standard InChI is InChI=1S/C53H64N4O11S/c1-6-26-56(69(63,64)44-23-17-40(18-24-44)54-37(5)60)50-33-48(55-66-34-38-15-19-41(20-16-38)57(61)62)46-31-39(12-8-10-27-58)45(13-9-11-28-59)51-47-32-43(67-42-21-14-35(3)36(4)30-42)22-25-49(47)68-53(50,52(46)51)65-29-7-2/h7,14-25,30-32,39,45,50-52,58-59H,2,6,8-13,26-29,33-34H2,1,3-5H3,(H,54,60). The number of ether oxygens (including phenoxy) is 3. The zero-order valence-corrected chi connectivity index (χ0v) is 40.7. The van der Waals surface area contributed by atoms with Gasteiger partial charge in [0.05, 0.1) is 34.1 Å². The first kappa shape index (κ1) is 51.0. The number of carbonyl (C=O) groups is 1. The second kappa shape index (κ2) is 22.7. The number of benzene rings is 4. The number of nitrogens with one attached hydrogen (secondary N) is 1. The molecule has 6 atom stereocenters. The van der Waals surface area contributed by atoms with Gasteiger partial charge in [-0.15, -0.1) is 6.58 Å². The van der Waals surface area contributed by atoms with Crippen molar-refractivity contribution in [3.63, 3.8) is 0 Å². The SMILES string of the molecule is C=CCOC12Oc3ccc(Oc4ccc(C)c(C)c4)cc3C3C(CCCCO)C(CCCCO)C=C(C(=NOCc4ccc([N+](=O)[O-])cc4)CC1N(CCC)S(=O)(=O)c1ccc(NC(C)=O)cc1)C32. The molecule has 0 aromatic heterocycles.